The second kappa shape index (κ2) is 7.36. The molecule has 136 valence electrons. The quantitative estimate of drug-likeness (QED) is 0.646. The van der Waals surface area contributed by atoms with Crippen LogP contribution in [0.3, 0.4) is 0 Å². The van der Waals surface area contributed by atoms with Crippen molar-refractivity contribution in [2.75, 3.05) is 11.4 Å². The first-order valence-corrected chi connectivity index (χ1v) is 8.85. The summed E-state index contributed by atoms with van der Waals surface area (Å²) in [5, 5.41) is 8.39. The summed E-state index contributed by atoms with van der Waals surface area (Å²) in [6.07, 6.45) is 5.94. The first-order chi connectivity index (χ1) is 13.1. The van der Waals surface area contributed by atoms with Crippen molar-refractivity contribution in [2.45, 2.75) is 12.8 Å². The van der Waals surface area contributed by atoms with Gasteiger partial charge in [-0.15, -0.1) is 10.2 Å². The fourth-order valence-corrected chi connectivity index (χ4v) is 3.35. The van der Waals surface area contributed by atoms with Crippen molar-refractivity contribution in [3.8, 4) is 11.3 Å². The van der Waals surface area contributed by atoms with E-state index in [1.165, 1.54) is 12.3 Å². The summed E-state index contributed by atoms with van der Waals surface area (Å²) in [5.41, 5.74) is 2.37. The molecule has 1 aliphatic heterocycles. The Kier molecular flexibility index (Phi) is 4.77. The third-order valence-corrected chi connectivity index (χ3v) is 4.82. The van der Waals surface area contributed by atoms with Crippen LogP contribution in [-0.4, -0.2) is 32.6 Å². The standard InChI is InChI=1S/C19H15ClFN5O/c20-15-10-12(11-23-18(15)21)9-14-5-8-26(19(14)27)17-2-1-16(24-25-17)13-3-6-22-7-4-13/h1-4,6-7,10-11,14H,5,8-9H2/t14-/m0/s1. The summed E-state index contributed by atoms with van der Waals surface area (Å²) in [6, 6.07) is 8.84. The molecular weight excluding hydrogens is 369 g/mol. The largest absolute Gasteiger partial charge is 0.295 e. The van der Waals surface area contributed by atoms with Crippen molar-refractivity contribution in [3.63, 3.8) is 0 Å². The lowest BCUT2D eigenvalue weighted by molar-refractivity contribution is -0.120. The van der Waals surface area contributed by atoms with Gasteiger partial charge in [-0.1, -0.05) is 11.6 Å². The first-order valence-electron chi connectivity index (χ1n) is 8.47. The van der Waals surface area contributed by atoms with E-state index in [1.807, 2.05) is 18.2 Å². The maximum atomic E-state index is 13.2. The first kappa shape index (κ1) is 17.5. The van der Waals surface area contributed by atoms with Crippen LogP contribution in [0.2, 0.25) is 5.02 Å². The van der Waals surface area contributed by atoms with Gasteiger partial charge in [-0.2, -0.15) is 4.39 Å². The Hall–Kier alpha value is -2.93. The lowest BCUT2D eigenvalue weighted by atomic mass is 9.99. The molecule has 0 radical (unpaired) electrons. The number of hydrogen-bond donors (Lipinski definition) is 0. The lowest BCUT2D eigenvalue weighted by Crippen LogP contribution is -2.28. The van der Waals surface area contributed by atoms with Gasteiger partial charge in [-0.3, -0.25) is 14.7 Å². The van der Waals surface area contributed by atoms with Crippen molar-refractivity contribution in [2.24, 2.45) is 5.92 Å². The second-order valence-electron chi connectivity index (χ2n) is 6.31. The average Bonchev–Trinajstić information content (AvgIpc) is 3.06. The van der Waals surface area contributed by atoms with Gasteiger partial charge in [0, 0.05) is 36.6 Å². The Morgan fingerprint density at radius 3 is 2.70 bits per heavy atom. The van der Waals surface area contributed by atoms with Crippen LogP contribution < -0.4 is 4.90 Å². The molecule has 6 nitrogen and oxygen atoms in total. The molecule has 0 aliphatic carbocycles. The number of aromatic nitrogens is 4. The van der Waals surface area contributed by atoms with Gasteiger partial charge in [0.25, 0.3) is 0 Å². The maximum absolute atomic E-state index is 13.2. The number of carbonyl (C=O) groups is 1. The molecule has 4 rings (SSSR count). The number of pyridine rings is 2. The zero-order chi connectivity index (χ0) is 18.8. The van der Waals surface area contributed by atoms with Gasteiger partial charge in [0.1, 0.15) is 0 Å². The number of halogens is 2. The molecule has 0 spiro atoms. The number of nitrogens with zero attached hydrogens (tertiary/aromatic N) is 5. The summed E-state index contributed by atoms with van der Waals surface area (Å²) in [5.74, 6) is -0.420. The van der Waals surface area contributed by atoms with Crippen LogP contribution >= 0.6 is 11.6 Å². The van der Waals surface area contributed by atoms with Crippen LogP contribution in [0.25, 0.3) is 11.3 Å². The minimum absolute atomic E-state index is 0.0265. The van der Waals surface area contributed by atoms with E-state index in [1.54, 1.807) is 23.4 Å². The van der Waals surface area contributed by atoms with Crippen LogP contribution in [0.5, 0.6) is 0 Å². The predicted molar refractivity (Wildman–Crippen MR) is 98.6 cm³/mol. The molecule has 27 heavy (non-hydrogen) atoms. The van der Waals surface area contributed by atoms with Gasteiger partial charge in [-0.05, 0) is 48.7 Å². The Morgan fingerprint density at radius 2 is 2.00 bits per heavy atom. The van der Waals surface area contributed by atoms with Crippen molar-refractivity contribution in [1.82, 2.24) is 20.2 Å². The summed E-state index contributed by atoms with van der Waals surface area (Å²) >= 11 is 5.77. The van der Waals surface area contributed by atoms with E-state index in [0.29, 0.717) is 25.2 Å². The van der Waals surface area contributed by atoms with E-state index >= 15 is 0 Å². The number of rotatable bonds is 4. The van der Waals surface area contributed by atoms with Crippen LogP contribution in [-0.2, 0) is 11.2 Å². The van der Waals surface area contributed by atoms with Crippen LogP contribution in [0.4, 0.5) is 10.2 Å². The van der Waals surface area contributed by atoms with E-state index in [2.05, 4.69) is 20.2 Å². The molecule has 0 bridgehead atoms. The van der Waals surface area contributed by atoms with Crippen LogP contribution in [0, 0.1) is 11.9 Å². The van der Waals surface area contributed by atoms with E-state index in [4.69, 9.17) is 11.6 Å². The number of hydrogen-bond acceptors (Lipinski definition) is 5. The van der Waals surface area contributed by atoms with E-state index in [9.17, 15) is 9.18 Å². The molecule has 1 atom stereocenters. The molecule has 0 N–H and O–H groups in total. The Balaban J connectivity index is 1.47. The monoisotopic (exact) mass is 383 g/mol. The SMILES string of the molecule is O=C1[C@H](Cc2cnc(F)c(Cl)c2)CCN1c1ccc(-c2ccncc2)nn1. The van der Waals surface area contributed by atoms with Crippen molar-refractivity contribution in [3.05, 3.63) is 65.5 Å². The van der Waals surface area contributed by atoms with Crippen molar-refractivity contribution in [1.29, 1.82) is 0 Å². The molecule has 3 aromatic rings. The zero-order valence-electron chi connectivity index (χ0n) is 14.2. The van der Waals surface area contributed by atoms with E-state index in [0.717, 1.165) is 16.8 Å². The Morgan fingerprint density at radius 1 is 1.19 bits per heavy atom. The average molecular weight is 384 g/mol. The van der Waals surface area contributed by atoms with Gasteiger partial charge in [0.15, 0.2) is 5.82 Å². The highest BCUT2D eigenvalue weighted by Gasteiger charge is 2.33. The summed E-state index contributed by atoms with van der Waals surface area (Å²) in [4.78, 5) is 22.0. The molecule has 1 amide bonds. The number of amides is 1. The highest BCUT2D eigenvalue weighted by atomic mass is 35.5. The molecule has 1 saturated heterocycles. The third kappa shape index (κ3) is 3.64. The third-order valence-electron chi connectivity index (χ3n) is 4.55. The summed E-state index contributed by atoms with van der Waals surface area (Å²) in [7, 11) is 0. The minimum Gasteiger partial charge on any atom is -0.295 e. The number of carbonyl (C=O) groups excluding carboxylic acids is 1. The van der Waals surface area contributed by atoms with Crippen molar-refractivity contribution >= 4 is 23.3 Å². The fourth-order valence-electron chi connectivity index (χ4n) is 3.16. The van der Waals surface area contributed by atoms with Crippen LogP contribution in [0.1, 0.15) is 12.0 Å². The molecule has 1 aliphatic rings. The highest BCUT2D eigenvalue weighted by Crippen LogP contribution is 2.27. The number of anilines is 1. The van der Waals surface area contributed by atoms with Crippen molar-refractivity contribution < 1.29 is 9.18 Å². The molecule has 0 saturated carbocycles. The van der Waals surface area contributed by atoms with E-state index < -0.39 is 5.95 Å². The Bertz CT molecular complexity index is 968. The zero-order valence-corrected chi connectivity index (χ0v) is 15.0. The fraction of sp³-hybridized carbons (Fsp3) is 0.211. The summed E-state index contributed by atoms with van der Waals surface area (Å²) < 4.78 is 13.2. The maximum Gasteiger partial charge on any atom is 0.231 e. The molecular formula is C19H15ClFN5O. The topological polar surface area (TPSA) is 71.9 Å². The molecule has 3 aromatic heterocycles. The molecule has 0 aromatic carbocycles. The van der Waals surface area contributed by atoms with Crippen LogP contribution in [0.15, 0.2) is 48.9 Å². The van der Waals surface area contributed by atoms with Gasteiger partial charge < -0.3 is 0 Å². The molecule has 8 heteroatoms. The predicted octanol–water partition coefficient (Wildman–Crippen LogP) is 3.32. The van der Waals surface area contributed by atoms with Gasteiger partial charge in [0.2, 0.25) is 11.9 Å². The van der Waals surface area contributed by atoms with Gasteiger partial charge in [0.05, 0.1) is 10.7 Å². The molecule has 1 fully saturated rings. The lowest BCUT2D eigenvalue weighted by Gasteiger charge is -2.15. The second-order valence-corrected chi connectivity index (χ2v) is 6.72. The van der Waals surface area contributed by atoms with Gasteiger partial charge >= 0.3 is 0 Å². The summed E-state index contributed by atoms with van der Waals surface area (Å²) in [6.45, 7) is 0.565. The smallest absolute Gasteiger partial charge is 0.231 e. The molecule has 0 unspecified atom stereocenters. The van der Waals surface area contributed by atoms with E-state index in [-0.39, 0.29) is 16.8 Å². The molecule has 4 heterocycles. The Labute approximate surface area is 160 Å². The minimum atomic E-state index is -0.704. The van der Waals surface area contributed by atoms with Gasteiger partial charge in [-0.25, -0.2) is 4.98 Å². The normalized spacial score (nSPS) is 16.7. The highest BCUT2D eigenvalue weighted by molar-refractivity contribution is 6.30.